The number of rotatable bonds is 4. The molecule has 0 fully saturated rings. The third-order valence-corrected chi connectivity index (χ3v) is 1.88. The standard InChI is InChI=1S/C9H11NO4/c1-7-3-4-9(10(11)12)5-8(7)6-14-13-2/h3-5H,6H2,1-2H3. The summed E-state index contributed by atoms with van der Waals surface area (Å²) in [5.74, 6) is 0. The fourth-order valence-corrected chi connectivity index (χ4v) is 1.05. The van der Waals surface area contributed by atoms with Crippen molar-refractivity contribution in [3.8, 4) is 0 Å². The van der Waals surface area contributed by atoms with Crippen molar-refractivity contribution in [2.45, 2.75) is 13.5 Å². The smallest absolute Gasteiger partial charge is 0.258 e. The van der Waals surface area contributed by atoms with Crippen LogP contribution in [-0.4, -0.2) is 12.0 Å². The molecule has 0 saturated heterocycles. The number of hydrogen-bond donors (Lipinski definition) is 0. The molecule has 0 N–H and O–H groups in total. The molecule has 0 bridgehead atoms. The van der Waals surface area contributed by atoms with Crippen LogP contribution in [0.1, 0.15) is 11.1 Å². The van der Waals surface area contributed by atoms with E-state index in [0.29, 0.717) is 0 Å². The third kappa shape index (κ3) is 2.51. The lowest BCUT2D eigenvalue weighted by atomic mass is 10.1. The van der Waals surface area contributed by atoms with Crippen molar-refractivity contribution >= 4 is 5.69 Å². The Kier molecular flexibility index (Phi) is 3.55. The quantitative estimate of drug-likeness (QED) is 0.420. The molecule has 5 heteroatoms. The Labute approximate surface area is 81.3 Å². The second-order valence-electron chi connectivity index (χ2n) is 2.80. The summed E-state index contributed by atoms with van der Waals surface area (Å²) in [7, 11) is 1.40. The Morgan fingerprint density at radius 1 is 1.50 bits per heavy atom. The fourth-order valence-electron chi connectivity index (χ4n) is 1.05. The maximum absolute atomic E-state index is 10.5. The number of non-ortho nitro benzene ring substituents is 1. The van der Waals surface area contributed by atoms with E-state index in [1.165, 1.54) is 19.2 Å². The fraction of sp³-hybridized carbons (Fsp3) is 0.333. The van der Waals surface area contributed by atoms with E-state index in [4.69, 9.17) is 4.89 Å². The number of nitro benzene ring substituents is 1. The van der Waals surface area contributed by atoms with Gasteiger partial charge in [0.15, 0.2) is 0 Å². The summed E-state index contributed by atoms with van der Waals surface area (Å²) in [6.07, 6.45) is 0. The summed E-state index contributed by atoms with van der Waals surface area (Å²) in [6, 6.07) is 4.63. The van der Waals surface area contributed by atoms with Gasteiger partial charge in [0.25, 0.3) is 5.69 Å². The predicted octanol–water partition coefficient (Wildman–Crippen LogP) is 1.98. The minimum Gasteiger partial charge on any atom is -0.258 e. The first-order valence-electron chi connectivity index (χ1n) is 4.04. The van der Waals surface area contributed by atoms with E-state index < -0.39 is 4.92 Å². The van der Waals surface area contributed by atoms with E-state index >= 15 is 0 Å². The van der Waals surface area contributed by atoms with Crippen LogP contribution in [0.2, 0.25) is 0 Å². The van der Waals surface area contributed by atoms with Crippen LogP contribution in [0.5, 0.6) is 0 Å². The summed E-state index contributed by atoms with van der Waals surface area (Å²) in [4.78, 5) is 19.2. The molecule has 0 amide bonds. The van der Waals surface area contributed by atoms with Gasteiger partial charge in [-0.25, -0.2) is 9.78 Å². The molecular weight excluding hydrogens is 186 g/mol. The Morgan fingerprint density at radius 3 is 2.79 bits per heavy atom. The van der Waals surface area contributed by atoms with Gasteiger partial charge in [-0.3, -0.25) is 10.1 Å². The zero-order valence-corrected chi connectivity index (χ0v) is 8.02. The Bertz CT molecular complexity index is 338. The van der Waals surface area contributed by atoms with Crippen molar-refractivity contribution in [2.75, 3.05) is 7.11 Å². The second kappa shape index (κ2) is 4.69. The van der Waals surface area contributed by atoms with Gasteiger partial charge in [-0.15, -0.1) is 0 Å². The van der Waals surface area contributed by atoms with Crippen LogP contribution < -0.4 is 0 Å². The summed E-state index contributed by atoms with van der Waals surface area (Å²) in [6.45, 7) is 2.07. The molecule has 0 aromatic heterocycles. The number of nitro groups is 1. The van der Waals surface area contributed by atoms with Gasteiger partial charge in [-0.2, -0.15) is 0 Å². The average Bonchev–Trinajstić information content (AvgIpc) is 2.16. The zero-order chi connectivity index (χ0) is 10.6. The molecule has 5 nitrogen and oxygen atoms in total. The first-order chi connectivity index (χ1) is 6.65. The SMILES string of the molecule is COOCc1cc([N+](=O)[O-])ccc1C. The number of benzene rings is 1. The minimum absolute atomic E-state index is 0.0605. The molecule has 1 aromatic rings. The Balaban J connectivity index is 2.90. The highest BCUT2D eigenvalue weighted by molar-refractivity contribution is 5.38. The van der Waals surface area contributed by atoms with Crippen molar-refractivity contribution < 1.29 is 14.7 Å². The summed E-state index contributed by atoms with van der Waals surface area (Å²) >= 11 is 0. The van der Waals surface area contributed by atoms with Crippen LogP contribution in [0.15, 0.2) is 18.2 Å². The largest absolute Gasteiger partial charge is 0.269 e. The molecular formula is C9H11NO4. The van der Waals surface area contributed by atoms with Crippen molar-refractivity contribution in [3.63, 3.8) is 0 Å². The molecule has 0 atom stereocenters. The molecule has 76 valence electrons. The molecule has 0 aliphatic rings. The number of aryl methyl sites for hydroxylation is 1. The van der Waals surface area contributed by atoms with E-state index in [1.807, 2.05) is 6.92 Å². The highest BCUT2D eigenvalue weighted by Gasteiger charge is 2.08. The molecule has 0 aliphatic carbocycles. The van der Waals surface area contributed by atoms with Crippen molar-refractivity contribution in [1.29, 1.82) is 0 Å². The van der Waals surface area contributed by atoms with Gasteiger partial charge >= 0.3 is 0 Å². The van der Waals surface area contributed by atoms with Crippen molar-refractivity contribution in [3.05, 3.63) is 39.4 Å². The van der Waals surface area contributed by atoms with Crippen LogP contribution in [0, 0.1) is 17.0 Å². The van der Waals surface area contributed by atoms with Crippen LogP contribution in [0.25, 0.3) is 0 Å². The Morgan fingerprint density at radius 2 is 2.21 bits per heavy atom. The Hall–Kier alpha value is -1.46. The molecule has 0 unspecified atom stereocenters. The van der Waals surface area contributed by atoms with Crippen LogP contribution in [0.4, 0.5) is 5.69 Å². The molecule has 14 heavy (non-hydrogen) atoms. The predicted molar refractivity (Wildman–Crippen MR) is 49.6 cm³/mol. The minimum atomic E-state index is -0.435. The second-order valence-corrected chi connectivity index (χ2v) is 2.80. The van der Waals surface area contributed by atoms with Crippen LogP contribution in [0.3, 0.4) is 0 Å². The molecule has 0 aliphatic heterocycles. The van der Waals surface area contributed by atoms with E-state index in [9.17, 15) is 10.1 Å². The van der Waals surface area contributed by atoms with Gasteiger partial charge in [0.2, 0.25) is 0 Å². The summed E-state index contributed by atoms with van der Waals surface area (Å²) < 4.78 is 0. The third-order valence-electron chi connectivity index (χ3n) is 1.88. The molecule has 0 spiro atoms. The monoisotopic (exact) mass is 197 g/mol. The maximum Gasteiger partial charge on any atom is 0.269 e. The average molecular weight is 197 g/mol. The van der Waals surface area contributed by atoms with E-state index in [2.05, 4.69) is 4.89 Å². The van der Waals surface area contributed by atoms with Gasteiger partial charge in [0, 0.05) is 12.1 Å². The maximum atomic E-state index is 10.5. The van der Waals surface area contributed by atoms with Crippen molar-refractivity contribution in [1.82, 2.24) is 0 Å². The number of hydrogen-bond acceptors (Lipinski definition) is 4. The van der Waals surface area contributed by atoms with Crippen LogP contribution in [-0.2, 0) is 16.4 Å². The van der Waals surface area contributed by atoms with Crippen LogP contribution >= 0.6 is 0 Å². The summed E-state index contributed by atoms with van der Waals surface area (Å²) in [5.41, 5.74) is 1.75. The molecule has 0 heterocycles. The zero-order valence-electron chi connectivity index (χ0n) is 8.02. The van der Waals surface area contributed by atoms with Gasteiger partial charge in [-0.05, 0) is 18.1 Å². The van der Waals surface area contributed by atoms with E-state index in [-0.39, 0.29) is 12.3 Å². The van der Waals surface area contributed by atoms with Crippen molar-refractivity contribution in [2.24, 2.45) is 0 Å². The molecule has 0 saturated carbocycles. The molecule has 1 aromatic carbocycles. The van der Waals surface area contributed by atoms with Gasteiger partial charge in [0.1, 0.15) is 6.61 Å². The number of nitrogens with zero attached hydrogens (tertiary/aromatic N) is 1. The first-order valence-corrected chi connectivity index (χ1v) is 4.04. The topological polar surface area (TPSA) is 61.6 Å². The lowest BCUT2D eigenvalue weighted by molar-refractivity contribution is -0.385. The lowest BCUT2D eigenvalue weighted by Gasteiger charge is -2.04. The van der Waals surface area contributed by atoms with E-state index in [0.717, 1.165) is 11.1 Å². The molecule has 0 radical (unpaired) electrons. The summed E-state index contributed by atoms with van der Waals surface area (Å²) in [5, 5.41) is 10.5. The van der Waals surface area contributed by atoms with Gasteiger partial charge in [-0.1, -0.05) is 6.07 Å². The normalized spacial score (nSPS) is 10.1. The highest BCUT2D eigenvalue weighted by atomic mass is 17.2. The van der Waals surface area contributed by atoms with E-state index in [1.54, 1.807) is 6.07 Å². The highest BCUT2D eigenvalue weighted by Crippen LogP contribution is 2.17. The molecule has 1 rings (SSSR count). The van der Waals surface area contributed by atoms with Gasteiger partial charge < -0.3 is 0 Å². The van der Waals surface area contributed by atoms with Gasteiger partial charge in [0.05, 0.1) is 12.0 Å². The first kappa shape index (κ1) is 10.6. The lowest BCUT2D eigenvalue weighted by Crippen LogP contribution is -1.96.